The van der Waals surface area contributed by atoms with E-state index in [-0.39, 0.29) is 12.7 Å². The Balaban J connectivity index is 1.44. The Morgan fingerprint density at radius 2 is 2.07 bits per heavy atom. The molecule has 0 saturated heterocycles. The quantitative estimate of drug-likeness (QED) is 0.708. The molecule has 0 atom stereocenters. The minimum absolute atomic E-state index is 0.242. The number of carbonyl (C=O) groups is 1. The van der Waals surface area contributed by atoms with Gasteiger partial charge in [0.05, 0.1) is 23.9 Å². The van der Waals surface area contributed by atoms with E-state index in [9.17, 15) is 4.79 Å². The van der Waals surface area contributed by atoms with Crippen molar-refractivity contribution in [1.29, 1.82) is 5.26 Å². The SMILES string of the molecule is N#Cc1cccc(-c2nc3c(o2)CN(C(=O)OCc2ccccc2)CC3)c1. The van der Waals surface area contributed by atoms with E-state index >= 15 is 0 Å². The zero-order valence-electron chi connectivity index (χ0n) is 14.6. The zero-order valence-corrected chi connectivity index (χ0v) is 14.6. The van der Waals surface area contributed by atoms with Gasteiger partial charge in [-0.1, -0.05) is 36.4 Å². The van der Waals surface area contributed by atoms with Crippen molar-refractivity contribution >= 4 is 6.09 Å². The molecule has 0 aliphatic carbocycles. The molecule has 0 N–H and O–H groups in total. The molecule has 0 saturated carbocycles. The average Bonchev–Trinajstić information content (AvgIpc) is 3.16. The van der Waals surface area contributed by atoms with E-state index in [0.29, 0.717) is 36.7 Å². The van der Waals surface area contributed by atoms with Gasteiger partial charge in [0.25, 0.3) is 0 Å². The molecule has 4 rings (SSSR count). The molecule has 1 aromatic heterocycles. The number of hydrogen-bond acceptors (Lipinski definition) is 5. The van der Waals surface area contributed by atoms with E-state index in [1.54, 1.807) is 23.1 Å². The molecular weight excluding hydrogens is 342 g/mol. The zero-order chi connectivity index (χ0) is 18.6. The number of rotatable bonds is 3. The average molecular weight is 359 g/mol. The Morgan fingerprint density at radius 1 is 1.22 bits per heavy atom. The number of aromatic nitrogens is 1. The van der Waals surface area contributed by atoms with Crippen molar-refractivity contribution in [3.05, 3.63) is 77.2 Å². The highest BCUT2D eigenvalue weighted by Gasteiger charge is 2.26. The highest BCUT2D eigenvalue weighted by Crippen LogP contribution is 2.27. The number of nitrogens with zero attached hydrogens (tertiary/aromatic N) is 3. The molecule has 0 fully saturated rings. The van der Waals surface area contributed by atoms with Gasteiger partial charge < -0.3 is 14.1 Å². The summed E-state index contributed by atoms with van der Waals surface area (Å²) >= 11 is 0. The molecule has 3 aromatic rings. The number of fused-ring (bicyclic) bond motifs is 1. The molecule has 6 heteroatoms. The Kier molecular flexibility index (Phi) is 4.58. The predicted molar refractivity (Wildman–Crippen MR) is 97.4 cm³/mol. The summed E-state index contributed by atoms with van der Waals surface area (Å²) in [5.41, 5.74) is 3.10. The van der Waals surface area contributed by atoms with Crippen molar-refractivity contribution in [1.82, 2.24) is 9.88 Å². The molecule has 0 bridgehead atoms. The molecule has 0 spiro atoms. The van der Waals surface area contributed by atoms with Crippen LogP contribution < -0.4 is 0 Å². The van der Waals surface area contributed by atoms with Crippen molar-refractivity contribution in [3.63, 3.8) is 0 Å². The van der Waals surface area contributed by atoms with E-state index in [4.69, 9.17) is 14.4 Å². The number of hydrogen-bond donors (Lipinski definition) is 0. The van der Waals surface area contributed by atoms with Crippen LogP contribution in [0.4, 0.5) is 4.79 Å². The van der Waals surface area contributed by atoms with Crippen LogP contribution in [0.15, 0.2) is 59.0 Å². The second kappa shape index (κ2) is 7.34. The fourth-order valence-corrected chi connectivity index (χ4v) is 3.01. The molecule has 0 unspecified atom stereocenters. The maximum atomic E-state index is 12.3. The lowest BCUT2D eigenvalue weighted by atomic mass is 10.1. The Hall–Kier alpha value is -3.59. The molecule has 2 heterocycles. The lowest BCUT2D eigenvalue weighted by Crippen LogP contribution is -2.36. The van der Waals surface area contributed by atoms with Crippen LogP contribution in [0, 0.1) is 11.3 Å². The summed E-state index contributed by atoms with van der Waals surface area (Å²) in [6, 6.07) is 18.8. The van der Waals surface area contributed by atoms with Gasteiger partial charge >= 0.3 is 6.09 Å². The first kappa shape index (κ1) is 16.9. The van der Waals surface area contributed by atoms with E-state index < -0.39 is 0 Å². The monoisotopic (exact) mass is 359 g/mol. The summed E-state index contributed by atoms with van der Waals surface area (Å²) in [5.74, 6) is 1.13. The van der Waals surface area contributed by atoms with Crippen molar-refractivity contribution in [3.8, 4) is 17.5 Å². The van der Waals surface area contributed by atoms with Gasteiger partial charge in [0, 0.05) is 18.5 Å². The van der Waals surface area contributed by atoms with Crippen LogP contribution in [0.5, 0.6) is 0 Å². The van der Waals surface area contributed by atoms with Crippen molar-refractivity contribution in [2.24, 2.45) is 0 Å². The molecule has 1 amide bonds. The van der Waals surface area contributed by atoms with Crippen molar-refractivity contribution in [2.75, 3.05) is 6.54 Å². The van der Waals surface area contributed by atoms with E-state index in [0.717, 1.165) is 16.8 Å². The number of benzene rings is 2. The fourth-order valence-electron chi connectivity index (χ4n) is 3.01. The van der Waals surface area contributed by atoms with Gasteiger partial charge in [-0.15, -0.1) is 0 Å². The maximum absolute atomic E-state index is 12.3. The minimum Gasteiger partial charge on any atom is -0.445 e. The molecule has 2 aromatic carbocycles. The molecule has 27 heavy (non-hydrogen) atoms. The molecule has 6 nitrogen and oxygen atoms in total. The number of ether oxygens (including phenoxy) is 1. The molecule has 1 aliphatic heterocycles. The summed E-state index contributed by atoms with van der Waals surface area (Å²) in [4.78, 5) is 18.5. The van der Waals surface area contributed by atoms with Crippen LogP contribution in [-0.2, 0) is 24.3 Å². The molecule has 1 aliphatic rings. The highest BCUT2D eigenvalue weighted by molar-refractivity contribution is 5.68. The number of nitriles is 1. The number of carbonyl (C=O) groups excluding carboxylic acids is 1. The van der Waals surface area contributed by atoms with E-state index in [1.807, 2.05) is 36.4 Å². The van der Waals surface area contributed by atoms with Crippen LogP contribution in [0.1, 0.15) is 22.6 Å². The first-order chi connectivity index (χ1) is 13.2. The Bertz CT molecular complexity index is 1010. The standard InChI is InChI=1S/C21H17N3O3/c22-12-16-7-4-8-17(11-16)20-23-18-9-10-24(13-19(18)27-20)21(25)26-14-15-5-2-1-3-6-15/h1-8,11H,9-10,13-14H2. The Labute approximate surface area is 156 Å². The second-order valence-corrected chi connectivity index (χ2v) is 6.29. The lowest BCUT2D eigenvalue weighted by Gasteiger charge is -2.24. The largest absolute Gasteiger partial charge is 0.445 e. The van der Waals surface area contributed by atoms with Gasteiger partial charge in [0.2, 0.25) is 5.89 Å². The number of amides is 1. The van der Waals surface area contributed by atoms with Gasteiger partial charge in [0.15, 0.2) is 0 Å². The normalized spacial score (nSPS) is 12.9. The summed E-state index contributed by atoms with van der Waals surface area (Å²) in [6.45, 7) is 1.10. The van der Waals surface area contributed by atoms with Gasteiger partial charge in [-0.25, -0.2) is 9.78 Å². The fraction of sp³-hybridized carbons (Fsp3) is 0.190. The second-order valence-electron chi connectivity index (χ2n) is 6.29. The highest BCUT2D eigenvalue weighted by atomic mass is 16.6. The first-order valence-electron chi connectivity index (χ1n) is 8.67. The van der Waals surface area contributed by atoms with E-state index in [1.165, 1.54) is 0 Å². The van der Waals surface area contributed by atoms with Crippen LogP contribution in [0.2, 0.25) is 0 Å². The lowest BCUT2D eigenvalue weighted by molar-refractivity contribution is 0.0887. The summed E-state index contributed by atoms with van der Waals surface area (Å²) < 4.78 is 11.3. The van der Waals surface area contributed by atoms with E-state index in [2.05, 4.69) is 11.1 Å². The Morgan fingerprint density at radius 3 is 2.89 bits per heavy atom. The minimum atomic E-state index is -0.367. The van der Waals surface area contributed by atoms with Gasteiger partial charge in [-0.2, -0.15) is 5.26 Å². The third-order valence-corrected chi connectivity index (χ3v) is 4.43. The predicted octanol–water partition coefficient (Wildman–Crippen LogP) is 3.91. The van der Waals surface area contributed by atoms with Crippen LogP contribution >= 0.6 is 0 Å². The topological polar surface area (TPSA) is 79.4 Å². The summed E-state index contributed by atoms with van der Waals surface area (Å²) in [7, 11) is 0. The van der Waals surface area contributed by atoms with Crippen molar-refractivity contribution < 1.29 is 13.9 Å². The molecule has 0 radical (unpaired) electrons. The summed E-state index contributed by atoms with van der Waals surface area (Å²) in [5, 5.41) is 9.04. The van der Waals surface area contributed by atoms with Crippen LogP contribution in [0.3, 0.4) is 0 Å². The molecular formula is C21H17N3O3. The first-order valence-corrected chi connectivity index (χ1v) is 8.67. The van der Waals surface area contributed by atoms with Gasteiger partial charge in [0.1, 0.15) is 12.4 Å². The third kappa shape index (κ3) is 3.67. The smallest absolute Gasteiger partial charge is 0.410 e. The van der Waals surface area contributed by atoms with Crippen molar-refractivity contribution in [2.45, 2.75) is 19.6 Å². The van der Waals surface area contributed by atoms with Gasteiger partial charge in [-0.3, -0.25) is 0 Å². The maximum Gasteiger partial charge on any atom is 0.410 e. The summed E-state index contributed by atoms with van der Waals surface area (Å²) in [6.07, 6.45) is 0.242. The third-order valence-electron chi connectivity index (χ3n) is 4.43. The van der Waals surface area contributed by atoms with Crippen LogP contribution in [0.25, 0.3) is 11.5 Å². The molecule has 134 valence electrons. The van der Waals surface area contributed by atoms with Crippen LogP contribution in [-0.4, -0.2) is 22.5 Å². The van der Waals surface area contributed by atoms with Gasteiger partial charge in [-0.05, 0) is 23.8 Å². The number of oxazole rings is 1.